The number of rotatable bonds is 1. The second-order valence-electron chi connectivity index (χ2n) is 6.23. The molecule has 1 N–H and O–H groups in total. The number of carbonyl (C=O) groups is 1. The van der Waals surface area contributed by atoms with Gasteiger partial charge in [-0.2, -0.15) is 0 Å². The monoisotopic (exact) mass is 274 g/mol. The summed E-state index contributed by atoms with van der Waals surface area (Å²) in [6, 6.07) is 5.95. The lowest BCUT2D eigenvalue weighted by atomic mass is 9.88. The Hall–Kier alpha value is -1.55. The molecule has 1 saturated heterocycles. The van der Waals surface area contributed by atoms with E-state index in [1.54, 1.807) is 11.9 Å². The number of hydrogen-bond donors (Lipinski definition) is 1. The maximum Gasteiger partial charge on any atom is 0.260 e. The van der Waals surface area contributed by atoms with Crippen molar-refractivity contribution < 1.29 is 9.90 Å². The standard InChI is InChI=1S/C16H22N2O2/c1-10-6-7-18(9-11(10)2)12-4-5-13-14(8-12)17(3)16(20)15(13)19/h4-5,8,10-11,15,19H,6-7,9H2,1-3H3. The molecular formula is C16H22N2O2. The van der Waals surface area contributed by atoms with Crippen LogP contribution in [0.1, 0.15) is 31.9 Å². The van der Waals surface area contributed by atoms with Gasteiger partial charge in [0.2, 0.25) is 0 Å². The number of benzene rings is 1. The maximum atomic E-state index is 11.8. The van der Waals surface area contributed by atoms with Crippen molar-refractivity contribution >= 4 is 17.3 Å². The Kier molecular flexibility index (Phi) is 3.21. The molecule has 2 heterocycles. The zero-order valence-corrected chi connectivity index (χ0v) is 12.3. The number of piperidine rings is 1. The number of fused-ring (bicyclic) bond motifs is 1. The van der Waals surface area contributed by atoms with Crippen LogP contribution >= 0.6 is 0 Å². The van der Waals surface area contributed by atoms with Crippen molar-refractivity contribution in [1.82, 2.24) is 0 Å². The predicted octanol–water partition coefficient (Wildman–Crippen LogP) is 2.18. The third-order valence-electron chi connectivity index (χ3n) is 4.93. The molecule has 3 atom stereocenters. The molecule has 2 aliphatic rings. The molecule has 3 rings (SSSR count). The molecule has 0 aromatic heterocycles. The molecule has 0 spiro atoms. The minimum absolute atomic E-state index is 0.238. The Labute approximate surface area is 120 Å². The molecule has 4 nitrogen and oxygen atoms in total. The van der Waals surface area contributed by atoms with Gasteiger partial charge in [0.15, 0.2) is 6.10 Å². The number of hydrogen-bond acceptors (Lipinski definition) is 3. The summed E-state index contributed by atoms with van der Waals surface area (Å²) in [6.45, 7) is 6.72. The first-order valence-corrected chi connectivity index (χ1v) is 7.33. The summed E-state index contributed by atoms with van der Waals surface area (Å²) in [7, 11) is 1.72. The second kappa shape index (κ2) is 4.77. The van der Waals surface area contributed by atoms with Crippen LogP contribution in [0.2, 0.25) is 0 Å². The molecule has 108 valence electrons. The Morgan fingerprint density at radius 3 is 2.70 bits per heavy atom. The van der Waals surface area contributed by atoms with E-state index in [1.807, 2.05) is 18.2 Å². The van der Waals surface area contributed by atoms with E-state index >= 15 is 0 Å². The SMILES string of the molecule is CC1CCN(c2ccc3c(c2)N(C)C(=O)C3O)CC1C. The fourth-order valence-electron chi connectivity index (χ4n) is 3.18. The van der Waals surface area contributed by atoms with Gasteiger partial charge >= 0.3 is 0 Å². The number of amides is 1. The molecule has 1 aromatic rings. The fourth-order valence-corrected chi connectivity index (χ4v) is 3.18. The highest BCUT2D eigenvalue weighted by atomic mass is 16.3. The van der Waals surface area contributed by atoms with Gasteiger partial charge in [0, 0.05) is 31.4 Å². The molecular weight excluding hydrogens is 252 g/mol. The largest absolute Gasteiger partial charge is 0.378 e. The van der Waals surface area contributed by atoms with Crippen molar-refractivity contribution in [3.8, 4) is 0 Å². The summed E-state index contributed by atoms with van der Waals surface area (Å²) < 4.78 is 0. The Morgan fingerprint density at radius 2 is 2.00 bits per heavy atom. The summed E-state index contributed by atoms with van der Waals surface area (Å²) in [5.74, 6) is 1.21. The van der Waals surface area contributed by atoms with Crippen molar-refractivity contribution in [2.24, 2.45) is 11.8 Å². The molecule has 4 heteroatoms. The number of aliphatic hydroxyl groups excluding tert-OH is 1. The van der Waals surface area contributed by atoms with Crippen molar-refractivity contribution in [2.45, 2.75) is 26.4 Å². The van der Waals surface area contributed by atoms with Crippen LogP contribution in [0.4, 0.5) is 11.4 Å². The highest BCUT2D eigenvalue weighted by molar-refractivity contribution is 6.03. The number of nitrogens with zero attached hydrogens (tertiary/aromatic N) is 2. The van der Waals surface area contributed by atoms with E-state index in [4.69, 9.17) is 0 Å². The topological polar surface area (TPSA) is 43.8 Å². The van der Waals surface area contributed by atoms with Crippen molar-refractivity contribution in [3.63, 3.8) is 0 Å². The van der Waals surface area contributed by atoms with Crippen LogP contribution in [-0.2, 0) is 4.79 Å². The minimum atomic E-state index is -0.996. The molecule has 2 aliphatic heterocycles. The average Bonchev–Trinajstić information content (AvgIpc) is 2.66. The molecule has 1 fully saturated rings. The van der Waals surface area contributed by atoms with Gasteiger partial charge in [-0.15, -0.1) is 0 Å². The third kappa shape index (κ3) is 1.99. The van der Waals surface area contributed by atoms with Crippen LogP contribution < -0.4 is 9.80 Å². The summed E-state index contributed by atoms with van der Waals surface area (Å²) in [5.41, 5.74) is 2.71. The Balaban J connectivity index is 1.89. The highest BCUT2D eigenvalue weighted by Crippen LogP contribution is 2.38. The summed E-state index contributed by atoms with van der Waals surface area (Å²) in [6.07, 6.45) is 0.208. The molecule has 1 amide bonds. The molecule has 20 heavy (non-hydrogen) atoms. The van der Waals surface area contributed by atoms with Gasteiger partial charge in [-0.3, -0.25) is 4.79 Å². The normalized spacial score (nSPS) is 29.8. The van der Waals surface area contributed by atoms with Crippen LogP contribution in [0.25, 0.3) is 0 Å². The summed E-state index contributed by atoms with van der Waals surface area (Å²) in [4.78, 5) is 15.7. The van der Waals surface area contributed by atoms with Gasteiger partial charge in [-0.1, -0.05) is 19.9 Å². The van der Waals surface area contributed by atoms with E-state index in [0.29, 0.717) is 5.92 Å². The Morgan fingerprint density at radius 1 is 1.25 bits per heavy atom. The van der Waals surface area contributed by atoms with Gasteiger partial charge in [0.1, 0.15) is 0 Å². The van der Waals surface area contributed by atoms with Crippen LogP contribution in [0, 0.1) is 11.8 Å². The quantitative estimate of drug-likeness (QED) is 0.853. The first-order chi connectivity index (χ1) is 9.49. The first-order valence-electron chi connectivity index (χ1n) is 7.33. The minimum Gasteiger partial charge on any atom is -0.378 e. The molecule has 1 aromatic carbocycles. The van der Waals surface area contributed by atoms with Gasteiger partial charge in [-0.05, 0) is 30.4 Å². The fraction of sp³-hybridized carbons (Fsp3) is 0.562. The second-order valence-corrected chi connectivity index (χ2v) is 6.23. The number of aliphatic hydroxyl groups is 1. The lowest BCUT2D eigenvalue weighted by Gasteiger charge is -2.37. The number of anilines is 2. The van der Waals surface area contributed by atoms with E-state index < -0.39 is 6.10 Å². The van der Waals surface area contributed by atoms with Gasteiger partial charge in [0.05, 0.1) is 5.69 Å². The molecule has 0 bridgehead atoms. The molecule has 3 unspecified atom stereocenters. The Bertz CT molecular complexity index is 543. The van der Waals surface area contributed by atoms with Crippen molar-refractivity contribution in [2.75, 3.05) is 29.9 Å². The number of carbonyl (C=O) groups excluding carboxylic acids is 1. The van der Waals surface area contributed by atoms with Crippen molar-refractivity contribution in [3.05, 3.63) is 23.8 Å². The predicted molar refractivity (Wildman–Crippen MR) is 80.0 cm³/mol. The van der Waals surface area contributed by atoms with Gasteiger partial charge in [-0.25, -0.2) is 0 Å². The lowest BCUT2D eigenvalue weighted by molar-refractivity contribution is -0.125. The van der Waals surface area contributed by atoms with Crippen LogP contribution in [0.15, 0.2) is 18.2 Å². The van der Waals surface area contributed by atoms with Crippen LogP contribution in [0.3, 0.4) is 0 Å². The van der Waals surface area contributed by atoms with E-state index in [1.165, 1.54) is 6.42 Å². The molecule has 0 saturated carbocycles. The first kappa shape index (κ1) is 13.4. The maximum absolute atomic E-state index is 11.8. The van der Waals surface area contributed by atoms with E-state index in [2.05, 4.69) is 18.7 Å². The zero-order valence-electron chi connectivity index (χ0n) is 12.3. The van der Waals surface area contributed by atoms with E-state index in [9.17, 15) is 9.90 Å². The zero-order chi connectivity index (χ0) is 14.4. The lowest BCUT2D eigenvalue weighted by Crippen LogP contribution is -2.38. The van der Waals surface area contributed by atoms with Crippen molar-refractivity contribution in [1.29, 1.82) is 0 Å². The van der Waals surface area contributed by atoms with Gasteiger partial charge in [0.25, 0.3) is 5.91 Å². The summed E-state index contributed by atoms with van der Waals surface area (Å²) in [5, 5.41) is 9.89. The van der Waals surface area contributed by atoms with Gasteiger partial charge < -0.3 is 14.9 Å². The third-order valence-corrected chi connectivity index (χ3v) is 4.93. The highest BCUT2D eigenvalue weighted by Gasteiger charge is 2.34. The van der Waals surface area contributed by atoms with E-state index in [0.717, 1.165) is 35.9 Å². The summed E-state index contributed by atoms with van der Waals surface area (Å²) >= 11 is 0. The smallest absolute Gasteiger partial charge is 0.260 e. The molecule has 0 radical (unpaired) electrons. The number of likely N-dealkylation sites (N-methyl/N-ethyl adjacent to an activating group) is 1. The van der Waals surface area contributed by atoms with Crippen LogP contribution in [-0.4, -0.2) is 31.2 Å². The van der Waals surface area contributed by atoms with E-state index in [-0.39, 0.29) is 5.91 Å². The molecule has 0 aliphatic carbocycles. The average molecular weight is 274 g/mol. The van der Waals surface area contributed by atoms with Crippen LogP contribution in [0.5, 0.6) is 0 Å².